The summed E-state index contributed by atoms with van der Waals surface area (Å²) in [4.78, 5) is 18.6. The molecule has 1 fully saturated rings. The SMILES string of the molecule is CCC(C)c1ccc(C(=N)N(CCC(F)(F)F)C(=O)NC/C(N)=C2\CCC(CO)(CO)CC2=Nc2cccc(Cl)c2)cc1. The summed E-state index contributed by atoms with van der Waals surface area (Å²) in [5, 5.41) is 31.6. The smallest absolute Gasteiger partial charge is 0.390 e. The van der Waals surface area contributed by atoms with Crippen LogP contribution in [0.4, 0.5) is 23.7 Å². The lowest BCUT2D eigenvalue weighted by atomic mass is 9.72. The number of nitrogens with zero attached hydrogens (tertiary/aromatic N) is 2. The minimum Gasteiger partial charge on any atom is -0.400 e. The Balaban J connectivity index is 1.86. The number of benzene rings is 2. The number of carbonyl (C=O) groups excluding carboxylic acids is 1. The van der Waals surface area contributed by atoms with Gasteiger partial charge >= 0.3 is 12.2 Å². The Labute approximate surface area is 255 Å². The van der Waals surface area contributed by atoms with Crippen LogP contribution in [0.2, 0.25) is 5.02 Å². The number of urea groups is 1. The van der Waals surface area contributed by atoms with Gasteiger partial charge in [-0.15, -0.1) is 0 Å². The monoisotopic (exact) mass is 621 g/mol. The van der Waals surface area contributed by atoms with Crippen molar-refractivity contribution in [2.75, 3.05) is 26.3 Å². The first kappa shape index (κ1) is 34.1. The molecule has 43 heavy (non-hydrogen) atoms. The number of nitrogens with two attached hydrogens (primary N) is 1. The van der Waals surface area contributed by atoms with E-state index in [1.54, 1.807) is 36.4 Å². The number of aliphatic hydroxyl groups excluding tert-OH is 2. The van der Waals surface area contributed by atoms with E-state index >= 15 is 0 Å². The molecule has 2 aromatic carbocycles. The lowest BCUT2D eigenvalue weighted by Gasteiger charge is -2.36. The van der Waals surface area contributed by atoms with Crippen molar-refractivity contribution in [3.63, 3.8) is 0 Å². The van der Waals surface area contributed by atoms with Crippen LogP contribution < -0.4 is 11.1 Å². The van der Waals surface area contributed by atoms with E-state index in [0.717, 1.165) is 16.9 Å². The fraction of sp³-hybridized carbons (Fsp3) is 0.452. The van der Waals surface area contributed by atoms with E-state index in [2.05, 4.69) is 10.3 Å². The summed E-state index contributed by atoms with van der Waals surface area (Å²) < 4.78 is 39.4. The van der Waals surface area contributed by atoms with E-state index in [1.165, 1.54) is 0 Å². The molecular formula is C31H39ClF3N5O3. The number of rotatable bonds is 10. The number of aliphatic imine (C=N–C) groups is 1. The predicted octanol–water partition coefficient (Wildman–Crippen LogP) is 6.28. The number of nitrogens with one attached hydrogen (secondary N) is 2. The molecule has 1 aliphatic rings. The highest BCUT2D eigenvalue weighted by Crippen LogP contribution is 2.38. The lowest BCUT2D eigenvalue weighted by molar-refractivity contribution is -0.135. The van der Waals surface area contributed by atoms with Crippen molar-refractivity contribution in [1.82, 2.24) is 10.2 Å². The highest BCUT2D eigenvalue weighted by atomic mass is 35.5. The highest BCUT2D eigenvalue weighted by Gasteiger charge is 2.37. The number of amides is 2. The van der Waals surface area contributed by atoms with Crippen LogP contribution in [0.5, 0.6) is 0 Å². The van der Waals surface area contributed by atoms with E-state index in [0.29, 0.717) is 40.4 Å². The molecule has 0 saturated heterocycles. The van der Waals surface area contributed by atoms with Crippen LogP contribution in [0, 0.1) is 10.8 Å². The maximum Gasteiger partial charge on any atom is 0.390 e. The van der Waals surface area contributed by atoms with Gasteiger partial charge in [-0.1, -0.05) is 55.8 Å². The number of hydrogen-bond donors (Lipinski definition) is 5. The van der Waals surface area contributed by atoms with Gasteiger partial charge in [0.05, 0.1) is 31.9 Å². The van der Waals surface area contributed by atoms with Crippen molar-refractivity contribution in [2.24, 2.45) is 16.1 Å². The topological polar surface area (TPSA) is 135 Å². The van der Waals surface area contributed by atoms with Gasteiger partial charge in [0.1, 0.15) is 5.84 Å². The summed E-state index contributed by atoms with van der Waals surface area (Å²) in [5.74, 6) is -0.0869. The molecule has 1 unspecified atom stereocenters. The first-order chi connectivity index (χ1) is 20.3. The Hall–Kier alpha value is -3.41. The summed E-state index contributed by atoms with van der Waals surface area (Å²) in [7, 11) is 0. The predicted molar refractivity (Wildman–Crippen MR) is 163 cm³/mol. The minimum atomic E-state index is -4.53. The third kappa shape index (κ3) is 9.29. The van der Waals surface area contributed by atoms with E-state index in [9.17, 15) is 28.2 Å². The van der Waals surface area contributed by atoms with Crippen molar-refractivity contribution in [1.29, 1.82) is 5.41 Å². The Morgan fingerprint density at radius 3 is 2.47 bits per heavy atom. The summed E-state index contributed by atoms with van der Waals surface area (Å²) in [6.45, 7) is 2.60. The Morgan fingerprint density at radius 1 is 1.21 bits per heavy atom. The molecule has 12 heteroatoms. The van der Waals surface area contributed by atoms with E-state index < -0.39 is 30.6 Å². The lowest BCUT2D eigenvalue weighted by Crippen LogP contribution is -2.46. The minimum absolute atomic E-state index is 0.212. The van der Waals surface area contributed by atoms with Crippen molar-refractivity contribution < 1.29 is 28.2 Å². The second kappa shape index (κ2) is 14.9. The van der Waals surface area contributed by atoms with Crippen LogP contribution in [0.15, 0.2) is 64.8 Å². The van der Waals surface area contributed by atoms with Crippen LogP contribution in [-0.2, 0) is 0 Å². The second-order valence-electron chi connectivity index (χ2n) is 11.0. The largest absolute Gasteiger partial charge is 0.400 e. The zero-order valence-corrected chi connectivity index (χ0v) is 25.1. The van der Waals surface area contributed by atoms with Gasteiger partial charge < -0.3 is 21.3 Å². The van der Waals surface area contributed by atoms with Gasteiger partial charge in [0.15, 0.2) is 0 Å². The van der Waals surface area contributed by atoms with Gasteiger partial charge in [0, 0.05) is 40.4 Å². The average Bonchev–Trinajstić information content (AvgIpc) is 2.98. The average molecular weight is 622 g/mol. The molecule has 234 valence electrons. The molecule has 0 radical (unpaired) electrons. The van der Waals surface area contributed by atoms with Gasteiger partial charge in [-0.25, -0.2) is 4.79 Å². The Bertz CT molecular complexity index is 1340. The molecule has 0 bridgehead atoms. The van der Waals surface area contributed by atoms with Crippen molar-refractivity contribution in [2.45, 2.75) is 58.0 Å². The molecule has 0 aliphatic heterocycles. The molecule has 6 N–H and O–H groups in total. The number of amidine groups is 1. The first-order valence-electron chi connectivity index (χ1n) is 14.1. The number of halogens is 4. The molecule has 2 aromatic rings. The number of alkyl halides is 3. The van der Waals surface area contributed by atoms with Crippen LogP contribution in [0.25, 0.3) is 0 Å². The fourth-order valence-electron chi connectivity index (χ4n) is 4.85. The first-order valence-corrected chi connectivity index (χ1v) is 14.5. The van der Waals surface area contributed by atoms with E-state index in [-0.39, 0.29) is 43.6 Å². The zero-order chi connectivity index (χ0) is 31.8. The fourth-order valence-corrected chi connectivity index (χ4v) is 5.03. The van der Waals surface area contributed by atoms with Gasteiger partial charge in [0.2, 0.25) is 0 Å². The summed E-state index contributed by atoms with van der Waals surface area (Å²) in [6, 6.07) is 12.8. The van der Waals surface area contributed by atoms with Crippen LogP contribution >= 0.6 is 11.6 Å². The molecular weight excluding hydrogens is 583 g/mol. The number of hydrogen-bond acceptors (Lipinski definition) is 6. The normalized spacial score (nSPS) is 17.8. The maximum absolute atomic E-state index is 13.2. The van der Waals surface area contributed by atoms with Crippen LogP contribution in [0.3, 0.4) is 0 Å². The van der Waals surface area contributed by atoms with Crippen LogP contribution in [0.1, 0.15) is 63.0 Å². The van der Waals surface area contributed by atoms with Gasteiger partial charge in [-0.05, 0) is 54.5 Å². The van der Waals surface area contributed by atoms with E-state index in [1.807, 2.05) is 26.0 Å². The van der Waals surface area contributed by atoms with Gasteiger partial charge in [-0.2, -0.15) is 13.2 Å². The second-order valence-corrected chi connectivity index (χ2v) is 11.4. The summed E-state index contributed by atoms with van der Waals surface area (Å²) in [5.41, 5.74) is 8.82. The summed E-state index contributed by atoms with van der Waals surface area (Å²) >= 11 is 6.11. The van der Waals surface area contributed by atoms with Crippen molar-refractivity contribution in [3.05, 3.63) is 76.0 Å². The Morgan fingerprint density at radius 2 is 1.88 bits per heavy atom. The van der Waals surface area contributed by atoms with E-state index in [4.69, 9.17) is 22.7 Å². The van der Waals surface area contributed by atoms with Gasteiger partial charge in [-0.3, -0.25) is 15.3 Å². The number of carbonyl (C=O) groups is 1. The molecule has 0 aromatic heterocycles. The van der Waals surface area contributed by atoms with Crippen molar-refractivity contribution in [3.8, 4) is 0 Å². The van der Waals surface area contributed by atoms with Crippen molar-refractivity contribution >= 4 is 34.9 Å². The highest BCUT2D eigenvalue weighted by molar-refractivity contribution is 6.30. The van der Waals surface area contributed by atoms with Gasteiger partial charge in [0.25, 0.3) is 0 Å². The molecule has 2 amide bonds. The Kier molecular flexibility index (Phi) is 11.8. The molecule has 1 atom stereocenters. The zero-order valence-electron chi connectivity index (χ0n) is 24.3. The molecule has 1 saturated carbocycles. The molecule has 0 heterocycles. The third-order valence-electron chi connectivity index (χ3n) is 7.86. The van der Waals surface area contributed by atoms with Crippen LogP contribution in [-0.4, -0.2) is 65.2 Å². The standard InChI is InChI=1S/C31H39ClF3N5O3/c1-3-20(2)21-7-9-22(10-8-21)28(37)40(14-13-31(33,34)35)29(43)38-17-26(36)25-11-12-30(18-41,19-42)16-27(25)39-24-6-4-5-23(32)15-24/h4-10,15,20,37,41-42H,3,11-14,16-19,36H2,1-2H3,(H,38,43)/b26-25-,37-28?,39-27?. The third-order valence-corrected chi connectivity index (χ3v) is 8.09. The summed E-state index contributed by atoms with van der Waals surface area (Å²) in [6.07, 6.45) is -3.94. The maximum atomic E-state index is 13.2. The quantitative estimate of drug-likeness (QED) is 0.158. The number of allylic oxidation sites excluding steroid dienone is 1. The molecule has 8 nitrogen and oxygen atoms in total. The molecule has 0 spiro atoms. The molecule has 3 rings (SSSR count). The number of aliphatic hydroxyl groups is 2. The molecule has 1 aliphatic carbocycles.